The number of carbonyl (C=O) groups excluding carboxylic acids is 1. The van der Waals surface area contributed by atoms with Crippen LogP contribution in [0.4, 0.5) is 0 Å². The van der Waals surface area contributed by atoms with Gasteiger partial charge in [-0.25, -0.2) is 0 Å². The van der Waals surface area contributed by atoms with E-state index in [9.17, 15) is 4.79 Å². The van der Waals surface area contributed by atoms with Gasteiger partial charge in [0.1, 0.15) is 12.4 Å². The van der Waals surface area contributed by atoms with Crippen LogP contribution in [0.3, 0.4) is 0 Å². The van der Waals surface area contributed by atoms with Crippen LogP contribution in [-0.2, 0) is 12.8 Å². The number of rotatable bonds is 5. The smallest absolute Gasteiger partial charge is 0.261 e. The van der Waals surface area contributed by atoms with Crippen molar-refractivity contribution < 1.29 is 9.53 Å². The molecule has 116 valence electrons. The minimum Gasteiger partial charge on any atom is -0.491 e. The molecule has 4 heteroatoms. The van der Waals surface area contributed by atoms with E-state index in [1.165, 1.54) is 22.4 Å². The summed E-state index contributed by atoms with van der Waals surface area (Å²) in [5.41, 5.74) is 3.71. The summed E-state index contributed by atoms with van der Waals surface area (Å²) in [6.07, 6.45) is 3.48. The number of hydrogen-bond acceptors (Lipinski definition) is 3. The van der Waals surface area contributed by atoms with Crippen LogP contribution in [0.1, 0.15) is 37.7 Å². The van der Waals surface area contributed by atoms with Gasteiger partial charge in [0.15, 0.2) is 0 Å². The summed E-state index contributed by atoms with van der Waals surface area (Å²) in [6, 6.07) is 8.17. The van der Waals surface area contributed by atoms with Crippen LogP contribution in [0.15, 0.2) is 24.3 Å². The average Bonchev–Trinajstić information content (AvgIpc) is 3.06. The summed E-state index contributed by atoms with van der Waals surface area (Å²) in [7, 11) is 0. The van der Waals surface area contributed by atoms with Crippen molar-refractivity contribution in [3.63, 3.8) is 0 Å². The van der Waals surface area contributed by atoms with Crippen LogP contribution < -0.4 is 10.1 Å². The molecule has 1 heterocycles. The van der Waals surface area contributed by atoms with E-state index >= 15 is 0 Å². The third-order valence-corrected chi connectivity index (χ3v) is 5.18. The monoisotopic (exact) mass is 315 g/mol. The van der Waals surface area contributed by atoms with Gasteiger partial charge in [-0.3, -0.25) is 4.79 Å². The van der Waals surface area contributed by atoms with Gasteiger partial charge in [-0.15, -0.1) is 11.3 Å². The Bertz CT molecular complexity index is 669. The van der Waals surface area contributed by atoms with E-state index in [-0.39, 0.29) is 5.91 Å². The van der Waals surface area contributed by atoms with Gasteiger partial charge < -0.3 is 10.1 Å². The fraction of sp³-hybridized carbons (Fsp3) is 0.389. The van der Waals surface area contributed by atoms with Crippen LogP contribution in [-0.4, -0.2) is 19.1 Å². The molecule has 0 saturated heterocycles. The normalized spacial score (nSPS) is 13.0. The molecule has 3 nitrogen and oxygen atoms in total. The number of carbonyl (C=O) groups is 1. The zero-order chi connectivity index (χ0) is 15.5. The van der Waals surface area contributed by atoms with E-state index in [0.29, 0.717) is 13.2 Å². The van der Waals surface area contributed by atoms with Crippen LogP contribution in [0, 0.1) is 13.8 Å². The lowest BCUT2D eigenvalue weighted by Gasteiger charge is -2.10. The molecular weight excluding hydrogens is 294 g/mol. The molecule has 0 aliphatic heterocycles. The second kappa shape index (κ2) is 6.53. The molecule has 1 aliphatic rings. The first-order valence-electron chi connectivity index (χ1n) is 7.73. The molecule has 2 aromatic rings. The molecule has 0 saturated carbocycles. The first-order valence-corrected chi connectivity index (χ1v) is 8.55. The topological polar surface area (TPSA) is 38.3 Å². The van der Waals surface area contributed by atoms with Crippen LogP contribution in [0.5, 0.6) is 5.75 Å². The van der Waals surface area contributed by atoms with Gasteiger partial charge in [-0.2, -0.15) is 0 Å². The molecule has 3 rings (SSSR count). The van der Waals surface area contributed by atoms with E-state index in [2.05, 4.69) is 18.3 Å². The predicted molar refractivity (Wildman–Crippen MR) is 90.1 cm³/mol. The van der Waals surface area contributed by atoms with E-state index in [1.807, 2.05) is 25.1 Å². The van der Waals surface area contributed by atoms with Crippen molar-refractivity contribution in [2.24, 2.45) is 0 Å². The molecular formula is C18H21NO2S. The standard InChI is InChI=1S/C18H21NO2S/c1-12-6-7-15(13(2)10-12)21-9-8-19-18(20)17-11-14-4-3-5-16(14)22-17/h6-7,10-11H,3-5,8-9H2,1-2H3,(H,19,20). The third kappa shape index (κ3) is 3.33. The Morgan fingerprint density at radius 1 is 1.27 bits per heavy atom. The molecule has 1 aromatic carbocycles. The molecule has 0 bridgehead atoms. The van der Waals surface area contributed by atoms with Gasteiger partial charge >= 0.3 is 0 Å². The Morgan fingerprint density at radius 3 is 2.91 bits per heavy atom. The maximum Gasteiger partial charge on any atom is 0.261 e. The zero-order valence-corrected chi connectivity index (χ0v) is 13.9. The highest BCUT2D eigenvalue weighted by Gasteiger charge is 2.18. The third-order valence-electron chi connectivity index (χ3n) is 3.95. The number of ether oxygens (including phenoxy) is 1. The number of thiophene rings is 1. The lowest BCUT2D eigenvalue weighted by atomic mass is 10.1. The summed E-state index contributed by atoms with van der Waals surface area (Å²) in [5.74, 6) is 0.901. The molecule has 1 amide bonds. The number of amides is 1. The predicted octanol–water partition coefficient (Wildman–Crippen LogP) is 3.66. The van der Waals surface area contributed by atoms with Crippen LogP contribution in [0.2, 0.25) is 0 Å². The highest BCUT2D eigenvalue weighted by molar-refractivity contribution is 7.14. The van der Waals surface area contributed by atoms with Crippen molar-refractivity contribution in [1.29, 1.82) is 0 Å². The van der Waals surface area contributed by atoms with Gasteiger partial charge in [0.05, 0.1) is 11.4 Å². The summed E-state index contributed by atoms with van der Waals surface area (Å²) >= 11 is 1.64. The SMILES string of the molecule is Cc1ccc(OCCNC(=O)c2cc3c(s2)CCC3)c(C)c1. The maximum atomic E-state index is 12.1. The van der Waals surface area contributed by atoms with Gasteiger partial charge in [0, 0.05) is 4.88 Å². The highest BCUT2D eigenvalue weighted by atomic mass is 32.1. The van der Waals surface area contributed by atoms with Crippen molar-refractivity contribution in [3.8, 4) is 5.75 Å². The van der Waals surface area contributed by atoms with Crippen molar-refractivity contribution in [2.75, 3.05) is 13.2 Å². The number of aryl methyl sites for hydroxylation is 4. The lowest BCUT2D eigenvalue weighted by molar-refractivity contribution is 0.0951. The minimum atomic E-state index is 0.0172. The van der Waals surface area contributed by atoms with E-state index in [1.54, 1.807) is 11.3 Å². The summed E-state index contributed by atoms with van der Waals surface area (Å²) in [6.45, 7) is 5.11. The van der Waals surface area contributed by atoms with Crippen molar-refractivity contribution in [2.45, 2.75) is 33.1 Å². The van der Waals surface area contributed by atoms with Crippen LogP contribution >= 0.6 is 11.3 Å². The van der Waals surface area contributed by atoms with Crippen LogP contribution in [0.25, 0.3) is 0 Å². The molecule has 1 N–H and O–H groups in total. The lowest BCUT2D eigenvalue weighted by Crippen LogP contribution is -2.27. The first-order chi connectivity index (χ1) is 10.6. The Labute approximate surface area is 135 Å². The first kappa shape index (κ1) is 15.1. The zero-order valence-electron chi connectivity index (χ0n) is 13.1. The van der Waals surface area contributed by atoms with Gasteiger partial charge in [0.2, 0.25) is 0 Å². The molecule has 0 radical (unpaired) electrons. The number of fused-ring (bicyclic) bond motifs is 1. The van der Waals surface area contributed by atoms with Crippen molar-refractivity contribution in [3.05, 3.63) is 50.7 Å². The maximum absolute atomic E-state index is 12.1. The van der Waals surface area contributed by atoms with Crippen molar-refractivity contribution >= 4 is 17.2 Å². The van der Waals surface area contributed by atoms with Crippen molar-refractivity contribution in [1.82, 2.24) is 5.32 Å². The van der Waals surface area contributed by atoms with E-state index in [0.717, 1.165) is 29.0 Å². The Kier molecular flexibility index (Phi) is 4.48. The number of nitrogens with one attached hydrogen (secondary N) is 1. The quantitative estimate of drug-likeness (QED) is 0.855. The molecule has 0 fully saturated rings. The summed E-state index contributed by atoms with van der Waals surface area (Å²) < 4.78 is 5.73. The Hall–Kier alpha value is -1.81. The molecule has 0 unspecified atom stereocenters. The second-order valence-electron chi connectivity index (χ2n) is 5.79. The fourth-order valence-electron chi connectivity index (χ4n) is 2.81. The van der Waals surface area contributed by atoms with E-state index in [4.69, 9.17) is 4.74 Å². The van der Waals surface area contributed by atoms with E-state index < -0.39 is 0 Å². The van der Waals surface area contributed by atoms with Gasteiger partial charge in [-0.1, -0.05) is 17.7 Å². The average molecular weight is 315 g/mol. The number of hydrogen-bond donors (Lipinski definition) is 1. The van der Waals surface area contributed by atoms with Gasteiger partial charge in [0.25, 0.3) is 5.91 Å². The second-order valence-corrected chi connectivity index (χ2v) is 6.92. The molecule has 0 spiro atoms. The Balaban J connectivity index is 1.47. The highest BCUT2D eigenvalue weighted by Crippen LogP contribution is 2.30. The minimum absolute atomic E-state index is 0.0172. The fourth-order valence-corrected chi connectivity index (χ4v) is 3.98. The number of benzene rings is 1. The summed E-state index contributed by atoms with van der Waals surface area (Å²) in [4.78, 5) is 14.3. The summed E-state index contributed by atoms with van der Waals surface area (Å²) in [5, 5.41) is 2.94. The Morgan fingerprint density at radius 2 is 2.14 bits per heavy atom. The molecule has 22 heavy (non-hydrogen) atoms. The largest absolute Gasteiger partial charge is 0.491 e. The van der Waals surface area contributed by atoms with Gasteiger partial charge in [-0.05, 0) is 56.4 Å². The molecule has 0 atom stereocenters. The molecule has 1 aromatic heterocycles. The molecule has 1 aliphatic carbocycles.